The fourth-order valence-electron chi connectivity index (χ4n) is 2.56. The van der Waals surface area contributed by atoms with Crippen LogP contribution in [0.2, 0.25) is 0 Å². The van der Waals surface area contributed by atoms with Crippen molar-refractivity contribution >= 4 is 11.7 Å². The highest BCUT2D eigenvalue weighted by Gasteiger charge is 2.22. The number of carbonyl (C=O) groups excluding carboxylic acids is 1. The molecule has 0 aromatic carbocycles. The van der Waals surface area contributed by atoms with Crippen molar-refractivity contribution in [3.63, 3.8) is 0 Å². The Hall–Kier alpha value is -1.65. The Morgan fingerprint density at radius 1 is 1.30 bits per heavy atom. The second-order valence-corrected chi connectivity index (χ2v) is 5.41. The molecule has 110 valence electrons. The van der Waals surface area contributed by atoms with E-state index < -0.39 is 0 Å². The summed E-state index contributed by atoms with van der Waals surface area (Å²) in [6, 6.07) is 1.81. The summed E-state index contributed by atoms with van der Waals surface area (Å²) in [6.45, 7) is 9.84. The van der Waals surface area contributed by atoms with Gasteiger partial charge in [0.1, 0.15) is 17.8 Å². The molecule has 0 atom stereocenters. The number of anilines is 1. The summed E-state index contributed by atoms with van der Waals surface area (Å²) in [7, 11) is 0. The Bertz CT molecular complexity index is 451. The van der Waals surface area contributed by atoms with Crippen molar-refractivity contribution < 1.29 is 4.79 Å². The van der Waals surface area contributed by atoms with E-state index in [1.807, 2.05) is 11.0 Å². The zero-order valence-electron chi connectivity index (χ0n) is 12.7. The molecule has 1 aromatic heterocycles. The highest BCUT2D eigenvalue weighted by Crippen LogP contribution is 2.18. The third-order valence-corrected chi connectivity index (χ3v) is 4.03. The minimum Gasteiger partial charge on any atom is -0.357 e. The molecule has 0 saturated carbocycles. The van der Waals surface area contributed by atoms with E-state index in [4.69, 9.17) is 0 Å². The van der Waals surface area contributed by atoms with E-state index >= 15 is 0 Å². The number of amides is 1. The van der Waals surface area contributed by atoms with E-state index in [-0.39, 0.29) is 5.91 Å². The first kappa shape index (κ1) is 14.8. The molecule has 0 unspecified atom stereocenters. The molecular formula is C15H24N4O. The third kappa shape index (κ3) is 3.26. The van der Waals surface area contributed by atoms with Crippen molar-refractivity contribution in [3.05, 3.63) is 18.1 Å². The fraction of sp³-hybridized carbons (Fsp3) is 0.667. The first-order chi connectivity index (χ1) is 9.65. The monoisotopic (exact) mass is 276 g/mol. The summed E-state index contributed by atoms with van der Waals surface area (Å²) in [5, 5.41) is 0. The van der Waals surface area contributed by atoms with E-state index in [0.29, 0.717) is 5.69 Å². The topological polar surface area (TPSA) is 49.3 Å². The Morgan fingerprint density at radius 2 is 1.95 bits per heavy atom. The molecule has 0 bridgehead atoms. The number of hydrogen-bond acceptors (Lipinski definition) is 4. The number of piperidine rings is 1. The van der Waals surface area contributed by atoms with Gasteiger partial charge in [0.25, 0.3) is 5.91 Å². The third-order valence-electron chi connectivity index (χ3n) is 4.03. The zero-order chi connectivity index (χ0) is 14.5. The van der Waals surface area contributed by atoms with Gasteiger partial charge in [-0.1, -0.05) is 6.92 Å². The molecule has 0 aliphatic carbocycles. The van der Waals surface area contributed by atoms with Crippen LogP contribution >= 0.6 is 0 Å². The molecule has 2 heterocycles. The summed E-state index contributed by atoms with van der Waals surface area (Å²) >= 11 is 0. The van der Waals surface area contributed by atoms with Crippen molar-refractivity contribution in [1.82, 2.24) is 14.9 Å². The van der Waals surface area contributed by atoms with Crippen LogP contribution in [0, 0.1) is 5.92 Å². The average Bonchev–Trinajstić information content (AvgIpc) is 2.49. The number of carbonyl (C=O) groups is 1. The molecule has 5 nitrogen and oxygen atoms in total. The molecule has 1 aliphatic rings. The van der Waals surface area contributed by atoms with Crippen molar-refractivity contribution in [1.29, 1.82) is 0 Å². The average molecular weight is 276 g/mol. The van der Waals surface area contributed by atoms with Crippen LogP contribution in [0.15, 0.2) is 12.4 Å². The largest absolute Gasteiger partial charge is 0.357 e. The zero-order valence-corrected chi connectivity index (χ0v) is 12.7. The Balaban J connectivity index is 2.12. The number of aromatic nitrogens is 2. The van der Waals surface area contributed by atoms with E-state index in [9.17, 15) is 4.79 Å². The van der Waals surface area contributed by atoms with Crippen LogP contribution < -0.4 is 4.90 Å². The molecular weight excluding hydrogens is 252 g/mol. The van der Waals surface area contributed by atoms with Crippen LogP contribution in [0.5, 0.6) is 0 Å². The maximum atomic E-state index is 12.5. The van der Waals surface area contributed by atoms with Gasteiger partial charge < -0.3 is 9.80 Å². The molecule has 1 fully saturated rings. The van der Waals surface area contributed by atoms with Gasteiger partial charge in [0, 0.05) is 32.2 Å². The van der Waals surface area contributed by atoms with Crippen LogP contribution in [-0.4, -0.2) is 47.0 Å². The number of hydrogen-bond donors (Lipinski definition) is 0. The summed E-state index contributed by atoms with van der Waals surface area (Å²) in [6.07, 6.45) is 3.66. The minimum absolute atomic E-state index is 0.0349. The predicted molar refractivity (Wildman–Crippen MR) is 79.9 cm³/mol. The molecule has 1 saturated heterocycles. The lowest BCUT2D eigenvalue weighted by Gasteiger charge is -2.30. The lowest BCUT2D eigenvalue weighted by Crippen LogP contribution is -2.38. The van der Waals surface area contributed by atoms with Crippen LogP contribution in [0.4, 0.5) is 5.82 Å². The lowest BCUT2D eigenvalue weighted by atomic mass is 9.99. The van der Waals surface area contributed by atoms with Gasteiger partial charge in [0.2, 0.25) is 0 Å². The first-order valence-electron chi connectivity index (χ1n) is 7.52. The van der Waals surface area contributed by atoms with Crippen LogP contribution in [0.1, 0.15) is 44.1 Å². The van der Waals surface area contributed by atoms with Crippen molar-refractivity contribution in [2.45, 2.75) is 33.6 Å². The van der Waals surface area contributed by atoms with Crippen LogP contribution in [0.3, 0.4) is 0 Å². The van der Waals surface area contributed by atoms with Crippen molar-refractivity contribution in [2.75, 3.05) is 31.1 Å². The van der Waals surface area contributed by atoms with E-state index in [1.54, 1.807) is 0 Å². The number of rotatable bonds is 4. The van der Waals surface area contributed by atoms with E-state index in [1.165, 1.54) is 6.33 Å². The van der Waals surface area contributed by atoms with Gasteiger partial charge in [-0.15, -0.1) is 0 Å². The van der Waals surface area contributed by atoms with Crippen molar-refractivity contribution in [3.8, 4) is 0 Å². The first-order valence-corrected chi connectivity index (χ1v) is 7.52. The summed E-state index contributed by atoms with van der Waals surface area (Å²) in [4.78, 5) is 24.9. The smallest absolute Gasteiger partial charge is 0.272 e. The molecule has 20 heavy (non-hydrogen) atoms. The molecule has 0 spiro atoms. The molecule has 0 radical (unpaired) electrons. The number of nitrogens with zero attached hydrogens (tertiary/aromatic N) is 4. The van der Waals surface area contributed by atoms with Gasteiger partial charge in [-0.25, -0.2) is 9.97 Å². The second kappa shape index (κ2) is 6.68. The van der Waals surface area contributed by atoms with Gasteiger partial charge in [-0.3, -0.25) is 4.79 Å². The quantitative estimate of drug-likeness (QED) is 0.846. The summed E-state index contributed by atoms with van der Waals surface area (Å²) in [5.74, 6) is 1.59. The molecule has 0 N–H and O–H groups in total. The maximum absolute atomic E-state index is 12.5. The van der Waals surface area contributed by atoms with Crippen LogP contribution in [-0.2, 0) is 0 Å². The highest BCUT2D eigenvalue weighted by atomic mass is 16.2. The van der Waals surface area contributed by atoms with Gasteiger partial charge >= 0.3 is 0 Å². The summed E-state index contributed by atoms with van der Waals surface area (Å²) < 4.78 is 0. The lowest BCUT2D eigenvalue weighted by molar-refractivity contribution is 0.0691. The molecule has 5 heteroatoms. The van der Waals surface area contributed by atoms with Gasteiger partial charge in [-0.2, -0.15) is 0 Å². The van der Waals surface area contributed by atoms with Crippen LogP contribution in [0.25, 0.3) is 0 Å². The van der Waals surface area contributed by atoms with Gasteiger partial charge in [0.05, 0.1) is 0 Å². The minimum atomic E-state index is 0.0349. The fourth-order valence-corrected chi connectivity index (χ4v) is 2.56. The molecule has 1 amide bonds. The molecule has 2 rings (SSSR count). The van der Waals surface area contributed by atoms with E-state index in [0.717, 1.165) is 50.8 Å². The van der Waals surface area contributed by atoms with E-state index in [2.05, 4.69) is 35.6 Å². The Morgan fingerprint density at radius 3 is 2.55 bits per heavy atom. The summed E-state index contributed by atoms with van der Waals surface area (Å²) in [5.41, 5.74) is 0.511. The van der Waals surface area contributed by atoms with Crippen molar-refractivity contribution in [2.24, 2.45) is 5.92 Å². The molecule has 1 aliphatic heterocycles. The van der Waals surface area contributed by atoms with Gasteiger partial charge in [0.15, 0.2) is 0 Å². The highest BCUT2D eigenvalue weighted by molar-refractivity contribution is 5.93. The van der Waals surface area contributed by atoms with Gasteiger partial charge in [-0.05, 0) is 32.6 Å². The Kier molecular flexibility index (Phi) is 4.93. The predicted octanol–water partition coefficient (Wildman–Crippen LogP) is 2.19. The normalized spacial score (nSPS) is 16.2. The maximum Gasteiger partial charge on any atom is 0.272 e. The standard InChI is InChI=1S/C15H24N4O/c1-4-18(5-2)14-10-13(16-11-17-14)15(20)19-8-6-12(3)7-9-19/h10-12H,4-9H2,1-3H3. The Labute approximate surface area is 121 Å². The molecule has 1 aromatic rings. The second-order valence-electron chi connectivity index (χ2n) is 5.41. The number of likely N-dealkylation sites (tertiary alicyclic amines) is 1. The SMILES string of the molecule is CCN(CC)c1cc(C(=O)N2CCC(C)CC2)ncn1.